The second kappa shape index (κ2) is 10.7. The number of carbonyl (C=O) groups excluding carboxylic acids is 2. The van der Waals surface area contributed by atoms with Gasteiger partial charge in [0, 0.05) is 31.7 Å². The Morgan fingerprint density at radius 2 is 1.86 bits per heavy atom. The number of fused-ring (bicyclic) bond motifs is 1. The van der Waals surface area contributed by atoms with E-state index >= 15 is 0 Å². The number of carbonyl (C=O) groups is 2. The van der Waals surface area contributed by atoms with Crippen LogP contribution in [-0.4, -0.2) is 74.2 Å². The number of nitrogens with zero attached hydrogens (tertiary/aromatic N) is 2. The van der Waals surface area contributed by atoms with Gasteiger partial charge in [0.2, 0.25) is 11.8 Å². The van der Waals surface area contributed by atoms with Gasteiger partial charge in [0.25, 0.3) is 10.2 Å². The third kappa shape index (κ3) is 5.49. The van der Waals surface area contributed by atoms with E-state index in [0.29, 0.717) is 25.9 Å². The molecule has 0 bridgehead atoms. The minimum absolute atomic E-state index is 0.0211. The van der Waals surface area contributed by atoms with Crippen molar-refractivity contribution in [1.82, 2.24) is 24.6 Å². The smallest absolute Gasteiger partial charge is 0.280 e. The predicted molar refractivity (Wildman–Crippen MR) is 134 cm³/mol. The summed E-state index contributed by atoms with van der Waals surface area (Å²) in [6, 6.07) is 13.6. The number of hydrogen-bond donors (Lipinski definition) is 3. The first-order valence-electron chi connectivity index (χ1n) is 11.8. The van der Waals surface area contributed by atoms with E-state index in [1.807, 2.05) is 12.1 Å². The number of likely N-dealkylation sites (tertiary alicyclic amines) is 1. The molecule has 2 aliphatic heterocycles. The van der Waals surface area contributed by atoms with E-state index in [-0.39, 0.29) is 31.7 Å². The summed E-state index contributed by atoms with van der Waals surface area (Å²) in [6.45, 7) is 3.39. The van der Waals surface area contributed by atoms with Crippen molar-refractivity contribution in [2.75, 3.05) is 32.7 Å². The van der Waals surface area contributed by atoms with E-state index < -0.39 is 28.1 Å². The third-order valence-electron chi connectivity index (χ3n) is 6.84. The van der Waals surface area contributed by atoms with Gasteiger partial charge in [-0.25, -0.2) is 0 Å². The Labute approximate surface area is 206 Å². The monoisotopic (exact) mass is 497 g/mol. The van der Waals surface area contributed by atoms with Crippen molar-refractivity contribution in [3.05, 3.63) is 48.0 Å². The van der Waals surface area contributed by atoms with Crippen LogP contribution in [0.4, 0.5) is 0 Å². The molecule has 2 atom stereocenters. The van der Waals surface area contributed by atoms with Crippen molar-refractivity contribution in [2.45, 2.75) is 37.9 Å². The molecular weight excluding hydrogens is 466 g/mol. The fraction of sp³-hybridized carbons (Fsp3) is 0.440. The molecule has 0 radical (unpaired) electrons. The summed E-state index contributed by atoms with van der Waals surface area (Å²) in [5.41, 5.74) is 1.25. The summed E-state index contributed by atoms with van der Waals surface area (Å²) in [4.78, 5) is 26.9. The minimum atomic E-state index is -3.78. The number of rotatable bonds is 7. The molecular formula is C25H31N5O4S. The summed E-state index contributed by atoms with van der Waals surface area (Å²) in [7, 11) is -3.78. The summed E-state index contributed by atoms with van der Waals surface area (Å²) in [5.74, 6) is 1.36. The molecule has 0 aliphatic carbocycles. The van der Waals surface area contributed by atoms with Crippen LogP contribution in [0.1, 0.15) is 31.4 Å². The van der Waals surface area contributed by atoms with Gasteiger partial charge >= 0.3 is 0 Å². The first-order valence-corrected chi connectivity index (χ1v) is 13.2. The summed E-state index contributed by atoms with van der Waals surface area (Å²) in [5, 5.41) is 7.41. The summed E-state index contributed by atoms with van der Waals surface area (Å²) in [6.07, 6.45) is 6.34. The maximum atomic E-state index is 12.8. The molecule has 9 nitrogen and oxygen atoms in total. The van der Waals surface area contributed by atoms with Gasteiger partial charge in [-0.05, 0) is 36.1 Å². The number of hydrogen-bond acceptors (Lipinski definition) is 5. The SMILES string of the molecule is C#CCNC(=O)CNC(=O)C1CNS(=O)(=O)N1C1CCN([C@H](C)c2cccc3ccccc23)CC1. The highest BCUT2D eigenvalue weighted by Gasteiger charge is 2.46. The van der Waals surface area contributed by atoms with Gasteiger partial charge in [-0.3, -0.25) is 14.5 Å². The van der Waals surface area contributed by atoms with Gasteiger partial charge in [0.15, 0.2) is 0 Å². The molecule has 2 saturated heterocycles. The van der Waals surface area contributed by atoms with E-state index in [2.05, 4.69) is 63.4 Å². The Balaban J connectivity index is 1.40. The minimum Gasteiger partial charge on any atom is -0.346 e. The number of nitrogens with one attached hydrogen (secondary N) is 3. The van der Waals surface area contributed by atoms with Crippen LogP contribution >= 0.6 is 0 Å². The highest BCUT2D eigenvalue weighted by atomic mass is 32.2. The number of benzene rings is 2. The highest BCUT2D eigenvalue weighted by molar-refractivity contribution is 7.87. The van der Waals surface area contributed by atoms with Gasteiger partial charge < -0.3 is 10.6 Å². The predicted octanol–water partition coefficient (Wildman–Crippen LogP) is 0.749. The van der Waals surface area contributed by atoms with E-state index in [4.69, 9.17) is 6.42 Å². The van der Waals surface area contributed by atoms with Crippen LogP contribution in [0.25, 0.3) is 10.8 Å². The van der Waals surface area contributed by atoms with Crippen molar-refractivity contribution in [2.24, 2.45) is 0 Å². The second-order valence-corrected chi connectivity index (χ2v) is 10.6. The Morgan fingerprint density at radius 1 is 1.14 bits per heavy atom. The summed E-state index contributed by atoms with van der Waals surface area (Å²) < 4.78 is 29.3. The van der Waals surface area contributed by atoms with Gasteiger partial charge in [-0.2, -0.15) is 17.4 Å². The normalized spacial score (nSPS) is 21.9. The molecule has 10 heteroatoms. The number of terminal acetylenes is 1. The Morgan fingerprint density at radius 3 is 2.60 bits per heavy atom. The zero-order valence-corrected chi connectivity index (χ0v) is 20.6. The lowest BCUT2D eigenvalue weighted by Crippen LogP contribution is -2.54. The van der Waals surface area contributed by atoms with Crippen molar-refractivity contribution >= 4 is 32.8 Å². The van der Waals surface area contributed by atoms with Crippen molar-refractivity contribution < 1.29 is 18.0 Å². The molecule has 2 fully saturated rings. The van der Waals surface area contributed by atoms with Crippen LogP contribution in [0.3, 0.4) is 0 Å². The molecule has 2 heterocycles. The molecule has 0 saturated carbocycles. The van der Waals surface area contributed by atoms with Gasteiger partial charge in [0.05, 0.1) is 13.1 Å². The second-order valence-electron chi connectivity index (χ2n) is 8.91. The molecule has 2 aromatic carbocycles. The largest absolute Gasteiger partial charge is 0.346 e. The molecule has 1 unspecified atom stereocenters. The lowest BCUT2D eigenvalue weighted by Gasteiger charge is -2.40. The van der Waals surface area contributed by atoms with Gasteiger partial charge in [0.1, 0.15) is 6.04 Å². The number of piperidine rings is 1. The van der Waals surface area contributed by atoms with Crippen LogP contribution in [0.5, 0.6) is 0 Å². The lowest BCUT2D eigenvalue weighted by atomic mass is 9.96. The Bertz CT molecular complexity index is 1230. The van der Waals surface area contributed by atoms with Crippen LogP contribution in [0, 0.1) is 12.3 Å². The first-order chi connectivity index (χ1) is 16.8. The van der Waals surface area contributed by atoms with E-state index in [1.54, 1.807) is 0 Å². The van der Waals surface area contributed by atoms with Crippen molar-refractivity contribution in [3.63, 3.8) is 0 Å². The topological polar surface area (TPSA) is 111 Å². The molecule has 35 heavy (non-hydrogen) atoms. The molecule has 2 aromatic rings. The Kier molecular flexibility index (Phi) is 7.72. The summed E-state index contributed by atoms with van der Waals surface area (Å²) >= 11 is 0. The molecule has 4 rings (SSSR count). The fourth-order valence-corrected chi connectivity index (χ4v) is 6.64. The van der Waals surface area contributed by atoms with Gasteiger partial charge in [-0.15, -0.1) is 6.42 Å². The van der Waals surface area contributed by atoms with Crippen LogP contribution in [-0.2, 0) is 19.8 Å². The molecule has 3 N–H and O–H groups in total. The number of amides is 2. The maximum Gasteiger partial charge on any atom is 0.280 e. The average Bonchev–Trinajstić information content (AvgIpc) is 3.20. The molecule has 2 aliphatic rings. The quantitative estimate of drug-likeness (QED) is 0.489. The Hall–Kier alpha value is -2.97. The average molecular weight is 498 g/mol. The van der Waals surface area contributed by atoms with E-state index in [1.165, 1.54) is 20.6 Å². The fourth-order valence-electron chi connectivity index (χ4n) is 5.01. The highest BCUT2D eigenvalue weighted by Crippen LogP contribution is 2.32. The first kappa shape index (κ1) is 25.1. The van der Waals surface area contributed by atoms with E-state index in [0.717, 1.165) is 0 Å². The van der Waals surface area contributed by atoms with Crippen LogP contribution in [0.2, 0.25) is 0 Å². The van der Waals surface area contributed by atoms with Crippen molar-refractivity contribution in [1.29, 1.82) is 0 Å². The molecule has 0 spiro atoms. The third-order valence-corrected chi connectivity index (χ3v) is 8.48. The molecule has 2 amide bonds. The van der Waals surface area contributed by atoms with Crippen LogP contribution in [0.15, 0.2) is 42.5 Å². The standard InChI is InChI=1S/C25H31N5O4S/c1-3-13-26-24(31)17-27-25(32)23-16-28-35(33,34)30(23)20-11-14-29(15-12-20)18(2)21-10-6-8-19-7-4-5-9-22(19)21/h1,4-10,18,20,23,28H,11-17H2,2H3,(H,26,31)(H,27,32)/t18-,23?/m1/s1. The zero-order valence-electron chi connectivity index (χ0n) is 19.7. The van der Waals surface area contributed by atoms with E-state index in [9.17, 15) is 18.0 Å². The maximum absolute atomic E-state index is 12.8. The molecule has 186 valence electrons. The van der Waals surface area contributed by atoms with Crippen LogP contribution < -0.4 is 15.4 Å². The van der Waals surface area contributed by atoms with Crippen molar-refractivity contribution in [3.8, 4) is 12.3 Å². The molecule has 0 aromatic heterocycles. The van der Waals surface area contributed by atoms with Gasteiger partial charge in [-0.1, -0.05) is 48.4 Å². The zero-order chi connectivity index (χ0) is 25.0. The lowest BCUT2D eigenvalue weighted by molar-refractivity contribution is -0.128.